The maximum atomic E-state index is 5.63. The van der Waals surface area contributed by atoms with Gasteiger partial charge in [-0.2, -0.15) is 0 Å². The molecule has 0 bridgehead atoms. The predicted molar refractivity (Wildman–Crippen MR) is 56.0 cm³/mol. The van der Waals surface area contributed by atoms with Crippen molar-refractivity contribution < 1.29 is 0 Å². The number of hydrogen-bond donors (Lipinski definition) is 0. The summed E-state index contributed by atoms with van der Waals surface area (Å²) in [7, 11) is 4.21. The van der Waals surface area contributed by atoms with E-state index in [0.29, 0.717) is 0 Å². The first-order valence-electron chi connectivity index (χ1n) is 4.63. The van der Waals surface area contributed by atoms with Crippen LogP contribution in [0.2, 0.25) is 0 Å². The van der Waals surface area contributed by atoms with Crippen LogP contribution in [0.25, 0.3) is 0 Å². The molecule has 12 heavy (non-hydrogen) atoms. The second-order valence-electron chi connectivity index (χ2n) is 3.28. The molecule has 0 rings (SSSR count). The maximum Gasteiger partial charge on any atom is 0.0235 e. The number of likely N-dealkylation sites (N-methyl/N-ethyl adjacent to an activating group) is 2. The van der Waals surface area contributed by atoms with Gasteiger partial charge in [0.15, 0.2) is 0 Å². The summed E-state index contributed by atoms with van der Waals surface area (Å²) in [6, 6.07) is 0. The third-order valence-corrected chi connectivity index (χ3v) is 2.19. The third-order valence-electron chi connectivity index (χ3n) is 1.92. The lowest BCUT2D eigenvalue weighted by molar-refractivity contribution is 0.252. The van der Waals surface area contributed by atoms with E-state index in [1.165, 1.54) is 0 Å². The van der Waals surface area contributed by atoms with Crippen LogP contribution in [-0.4, -0.2) is 56.0 Å². The first-order chi connectivity index (χ1) is 5.70. The van der Waals surface area contributed by atoms with Crippen LogP contribution < -0.4 is 0 Å². The average molecular weight is 193 g/mol. The molecule has 0 aliphatic heterocycles. The zero-order valence-corrected chi connectivity index (χ0v) is 9.27. The minimum Gasteiger partial charge on any atom is -0.308 e. The number of alkyl halides is 1. The van der Waals surface area contributed by atoms with Crippen molar-refractivity contribution in [3.05, 3.63) is 0 Å². The Morgan fingerprint density at radius 2 is 1.75 bits per heavy atom. The molecule has 0 saturated carbocycles. The van der Waals surface area contributed by atoms with Crippen LogP contribution in [0.4, 0.5) is 0 Å². The van der Waals surface area contributed by atoms with E-state index in [2.05, 4.69) is 30.8 Å². The molecule has 0 aromatic carbocycles. The minimum absolute atomic E-state index is 0.776. The van der Waals surface area contributed by atoms with Gasteiger partial charge >= 0.3 is 0 Å². The fourth-order valence-corrected chi connectivity index (χ4v) is 1.17. The summed E-state index contributed by atoms with van der Waals surface area (Å²) in [5, 5.41) is 0. The molecule has 0 spiro atoms. The van der Waals surface area contributed by atoms with E-state index in [9.17, 15) is 0 Å². The van der Waals surface area contributed by atoms with Gasteiger partial charge in [-0.15, -0.1) is 11.6 Å². The van der Waals surface area contributed by atoms with Gasteiger partial charge in [0, 0.05) is 19.0 Å². The topological polar surface area (TPSA) is 6.48 Å². The SMILES string of the molecule is CCN(CCCCl)CCN(C)C. The summed E-state index contributed by atoms with van der Waals surface area (Å²) in [4.78, 5) is 4.64. The Balaban J connectivity index is 3.39. The molecular weight excluding hydrogens is 172 g/mol. The zero-order chi connectivity index (χ0) is 9.40. The van der Waals surface area contributed by atoms with Crippen molar-refractivity contribution in [2.24, 2.45) is 0 Å². The normalized spacial score (nSPS) is 11.5. The van der Waals surface area contributed by atoms with Crippen LogP contribution >= 0.6 is 11.6 Å². The van der Waals surface area contributed by atoms with Crippen LogP contribution in [-0.2, 0) is 0 Å². The number of halogens is 1. The highest BCUT2D eigenvalue weighted by atomic mass is 35.5. The zero-order valence-electron chi connectivity index (χ0n) is 8.52. The van der Waals surface area contributed by atoms with Crippen LogP contribution in [0, 0.1) is 0 Å². The Hall–Kier alpha value is 0.210. The number of hydrogen-bond acceptors (Lipinski definition) is 2. The molecule has 0 fully saturated rings. The van der Waals surface area contributed by atoms with E-state index in [4.69, 9.17) is 11.6 Å². The summed E-state index contributed by atoms with van der Waals surface area (Å²) in [6.45, 7) is 6.75. The second-order valence-corrected chi connectivity index (χ2v) is 3.66. The largest absolute Gasteiger partial charge is 0.308 e. The monoisotopic (exact) mass is 192 g/mol. The van der Waals surface area contributed by atoms with Gasteiger partial charge in [0.2, 0.25) is 0 Å². The highest BCUT2D eigenvalue weighted by Crippen LogP contribution is 1.93. The molecule has 3 heteroatoms. The molecule has 0 aromatic rings. The quantitative estimate of drug-likeness (QED) is 0.565. The highest BCUT2D eigenvalue weighted by Gasteiger charge is 2.01. The lowest BCUT2D eigenvalue weighted by Crippen LogP contribution is -2.32. The first-order valence-corrected chi connectivity index (χ1v) is 5.17. The number of nitrogens with zero attached hydrogens (tertiary/aromatic N) is 2. The average Bonchev–Trinajstić information content (AvgIpc) is 2.05. The molecule has 0 heterocycles. The predicted octanol–water partition coefficient (Wildman–Crippen LogP) is 1.50. The van der Waals surface area contributed by atoms with Gasteiger partial charge in [-0.1, -0.05) is 6.92 Å². The lowest BCUT2D eigenvalue weighted by Gasteiger charge is -2.21. The first kappa shape index (κ1) is 12.2. The smallest absolute Gasteiger partial charge is 0.0235 e. The van der Waals surface area contributed by atoms with Crippen molar-refractivity contribution in [2.75, 3.05) is 46.2 Å². The van der Waals surface area contributed by atoms with Gasteiger partial charge < -0.3 is 9.80 Å². The Bertz CT molecular complexity index is 96.5. The fourth-order valence-electron chi connectivity index (χ4n) is 1.05. The van der Waals surface area contributed by atoms with Crippen molar-refractivity contribution in [1.82, 2.24) is 9.80 Å². The molecule has 0 N–H and O–H groups in total. The minimum atomic E-state index is 0.776. The molecule has 0 amide bonds. The maximum absolute atomic E-state index is 5.63. The molecule has 0 atom stereocenters. The number of rotatable bonds is 7. The summed E-state index contributed by atoms with van der Waals surface area (Å²) < 4.78 is 0. The van der Waals surface area contributed by atoms with E-state index < -0.39 is 0 Å². The Morgan fingerprint density at radius 3 is 2.17 bits per heavy atom. The van der Waals surface area contributed by atoms with Crippen molar-refractivity contribution in [1.29, 1.82) is 0 Å². The van der Waals surface area contributed by atoms with E-state index in [0.717, 1.165) is 38.5 Å². The van der Waals surface area contributed by atoms with Crippen molar-refractivity contribution >= 4 is 11.6 Å². The van der Waals surface area contributed by atoms with Gasteiger partial charge in [-0.3, -0.25) is 0 Å². The molecular formula is C9H21ClN2. The Kier molecular flexibility index (Phi) is 7.98. The molecule has 74 valence electrons. The summed E-state index contributed by atoms with van der Waals surface area (Å²) in [5.41, 5.74) is 0. The lowest BCUT2D eigenvalue weighted by atomic mass is 10.4. The van der Waals surface area contributed by atoms with E-state index >= 15 is 0 Å². The Labute approximate surface area is 81.5 Å². The molecule has 0 aliphatic carbocycles. The molecule has 0 radical (unpaired) electrons. The molecule has 0 aliphatic rings. The summed E-state index contributed by atoms with van der Waals surface area (Å²) >= 11 is 5.63. The highest BCUT2D eigenvalue weighted by molar-refractivity contribution is 6.17. The van der Waals surface area contributed by atoms with Crippen LogP contribution in [0.5, 0.6) is 0 Å². The summed E-state index contributed by atoms with van der Waals surface area (Å²) in [6.07, 6.45) is 1.10. The summed E-state index contributed by atoms with van der Waals surface area (Å²) in [5.74, 6) is 0.776. The van der Waals surface area contributed by atoms with E-state index in [-0.39, 0.29) is 0 Å². The van der Waals surface area contributed by atoms with Crippen molar-refractivity contribution in [2.45, 2.75) is 13.3 Å². The third kappa shape index (κ3) is 6.89. The van der Waals surface area contributed by atoms with Gasteiger partial charge in [0.05, 0.1) is 0 Å². The molecule has 0 saturated heterocycles. The Morgan fingerprint density at radius 1 is 1.08 bits per heavy atom. The molecule has 2 nitrogen and oxygen atoms in total. The van der Waals surface area contributed by atoms with Crippen LogP contribution in [0.1, 0.15) is 13.3 Å². The van der Waals surface area contributed by atoms with E-state index in [1.54, 1.807) is 0 Å². The van der Waals surface area contributed by atoms with Crippen LogP contribution in [0.15, 0.2) is 0 Å². The van der Waals surface area contributed by atoms with E-state index in [1.807, 2.05) is 0 Å². The molecule has 0 unspecified atom stereocenters. The van der Waals surface area contributed by atoms with Gasteiger partial charge in [-0.05, 0) is 33.6 Å². The van der Waals surface area contributed by atoms with Gasteiger partial charge in [0.25, 0.3) is 0 Å². The van der Waals surface area contributed by atoms with Crippen molar-refractivity contribution in [3.63, 3.8) is 0 Å². The van der Waals surface area contributed by atoms with Gasteiger partial charge in [-0.25, -0.2) is 0 Å². The van der Waals surface area contributed by atoms with Crippen molar-refractivity contribution in [3.8, 4) is 0 Å². The second kappa shape index (κ2) is 7.84. The van der Waals surface area contributed by atoms with Crippen LogP contribution in [0.3, 0.4) is 0 Å². The van der Waals surface area contributed by atoms with Gasteiger partial charge in [0.1, 0.15) is 0 Å². The fraction of sp³-hybridized carbons (Fsp3) is 1.00. The molecule has 0 aromatic heterocycles. The standard InChI is InChI=1S/C9H21ClN2/c1-4-12(7-5-6-10)9-8-11(2)3/h4-9H2,1-3H3.